The topological polar surface area (TPSA) is 98.1 Å². The van der Waals surface area contributed by atoms with Crippen molar-refractivity contribution in [3.05, 3.63) is 71.5 Å². The minimum atomic E-state index is -0.211. The van der Waals surface area contributed by atoms with Crippen molar-refractivity contribution in [2.75, 3.05) is 18.2 Å². The van der Waals surface area contributed by atoms with Gasteiger partial charge in [0.25, 0.3) is 5.91 Å². The van der Waals surface area contributed by atoms with Crippen LogP contribution in [-0.4, -0.2) is 39.4 Å². The van der Waals surface area contributed by atoms with Crippen LogP contribution in [0.3, 0.4) is 0 Å². The fourth-order valence-electron chi connectivity index (χ4n) is 2.75. The van der Waals surface area contributed by atoms with Crippen molar-refractivity contribution in [3.63, 3.8) is 0 Å². The number of aromatic nitrogens is 3. The highest BCUT2D eigenvalue weighted by molar-refractivity contribution is 7.99. The number of ether oxygens (including phenoxy) is 1. The molecule has 0 radical (unpaired) electrons. The first-order chi connectivity index (χ1) is 14.5. The number of benzene rings is 2. The third kappa shape index (κ3) is 6.16. The number of anilines is 1. The lowest BCUT2D eigenvalue weighted by molar-refractivity contribution is -0.113. The molecule has 0 spiro atoms. The van der Waals surface area contributed by atoms with Crippen molar-refractivity contribution in [2.24, 2.45) is 7.05 Å². The number of thioether (sulfide) groups is 1. The highest BCUT2D eigenvalue weighted by Crippen LogP contribution is 2.15. The van der Waals surface area contributed by atoms with E-state index in [4.69, 9.17) is 4.74 Å². The van der Waals surface area contributed by atoms with Crippen LogP contribution in [0.4, 0.5) is 5.69 Å². The zero-order valence-electron chi connectivity index (χ0n) is 16.8. The second-order valence-corrected chi connectivity index (χ2v) is 7.52. The lowest BCUT2D eigenvalue weighted by Gasteiger charge is -2.09. The molecular weight excluding hydrogens is 402 g/mol. The van der Waals surface area contributed by atoms with Crippen LogP contribution in [0.25, 0.3) is 0 Å². The predicted molar refractivity (Wildman–Crippen MR) is 115 cm³/mol. The number of rotatable bonds is 9. The van der Waals surface area contributed by atoms with E-state index < -0.39 is 0 Å². The van der Waals surface area contributed by atoms with Crippen LogP contribution in [0.5, 0.6) is 0 Å². The minimum absolute atomic E-state index is 0.185. The molecule has 156 valence electrons. The Morgan fingerprint density at radius 1 is 1.13 bits per heavy atom. The molecule has 3 aromatic rings. The molecule has 1 aromatic heterocycles. The smallest absolute Gasteiger partial charge is 0.251 e. The Labute approximate surface area is 179 Å². The van der Waals surface area contributed by atoms with E-state index in [1.165, 1.54) is 11.8 Å². The van der Waals surface area contributed by atoms with Gasteiger partial charge in [-0.1, -0.05) is 42.1 Å². The molecule has 0 aliphatic heterocycles. The Morgan fingerprint density at radius 2 is 1.93 bits per heavy atom. The van der Waals surface area contributed by atoms with Gasteiger partial charge < -0.3 is 19.9 Å². The lowest BCUT2D eigenvalue weighted by atomic mass is 10.1. The van der Waals surface area contributed by atoms with Crippen LogP contribution >= 0.6 is 11.8 Å². The molecule has 1 heterocycles. The summed E-state index contributed by atoms with van der Waals surface area (Å²) in [5, 5.41) is 14.1. The van der Waals surface area contributed by atoms with Gasteiger partial charge in [-0.3, -0.25) is 9.59 Å². The molecule has 8 nitrogen and oxygen atoms in total. The second-order valence-electron chi connectivity index (χ2n) is 6.58. The fraction of sp³-hybridized carbons (Fsp3) is 0.238. The van der Waals surface area contributed by atoms with Crippen LogP contribution in [0.2, 0.25) is 0 Å². The van der Waals surface area contributed by atoms with Crippen molar-refractivity contribution in [2.45, 2.75) is 18.3 Å². The number of hydrogen-bond acceptors (Lipinski definition) is 6. The van der Waals surface area contributed by atoms with Gasteiger partial charge in [0, 0.05) is 32.0 Å². The van der Waals surface area contributed by atoms with Crippen LogP contribution in [0.15, 0.2) is 60.0 Å². The standard InChI is InChI=1S/C21H23N5O3S/c1-26-14-23-25-21(26)30-13-19(27)24-18-8-4-7-17(10-18)20(28)22-11-15-5-3-6-16(9-15)12-29-2/h3-10,14H,11-13H2,1-2H3,(H,22,28)(H,24,27). The van der Waals surface area contributed by atoms with Crippen LogP contribution in [0.1, 0.15) is 21.5 Å². The summed E-state index contributed by atoms with van der Waals surface area (Å²) in [5.74, 6) is -0.201. The van der Waals surface area contributed by atoms with Gasteiger partial charge in [0.1, 0.15) is 6.33 Å². The predicted octanol–water partition coefficient (Wildman–Crippen LogP) is 2.62. The summed E-state index contributed by atoms with van der Waals surface area (Å²) < 4.78 is 6.88. The van der Waals surface area contributed by atoms with Crippen LogP contribution in [-0.2, 0) is 29.7 Å². The van der Waals surface area contributed by atoms with E-state index in [0.29, 0.717) is 29.6 Å². The van der Waals surface area contributed by atoms with E-state index in [1.54, 1.807) is 42.3 Å². The second kappa shape index (κ2) is 10.6. The number of nitrogens with one attached hydrogen (secondary N) is 2. The Hall–Kier alpha value is -3.17. The first-order valence-electron chi connectivity index (χ1n) is 9.27. The zero-order valence-corrected chi connectivity index (χ0v) is 17.6. The number of amides is 2. The van der Waals surface area contributed by atoms with Crippen molar-refractivity contribution in [1.29, 1.82) is 0 Å². The SMILES string of the molecule is COCc1cccc(CNC(=O)c2cccc(NC(=O)CSc3nncn3C)c2)c1. The average Bonchev–Trinajstić information content (AvgIpc) is 3.16. The molecule has 0 saturated carbocycles. The molecule has 3 rings (SSSR count). The van der Waals surface area contributed by atoms with E-state index in [1.807, 2.05) is 31.3 Å². The van der Waals surface area contributed by atoms with Crippen molar-refractivity contribution in [1.82, 2.24) is 20.1 Å². The molecule has 0 unspecified atom stereocenters. The molecule has 0 aliphatic carbocycles. The largest absolute Gasteiger partial charge is 0.380 e. The number of hydrogen-bond donors (Lipinski definition) is 2. The summed E-state index contributed by atoms with van der Waals surface area (Å²) >= 11 is 1.29. The summed E-state index contributed by atoms with van der Waals surface area (Å²) in [4.78, 5) is 24.7. The van der Waals surface area contributed by atoms with Gasteiger partial charge in [0.2, 0.25) is 5.91 Å². The summed E-state index contributed by atoms with van der Waals surface area (Å²) in [6, 6.07) is 14.7. The van der Waals surface area contributed by atoms with Gasteiger partial charge in [-0.05, 0) is 29.3 Å². The maximum atomic E-state index is 12.5. The minimum Gasteiger partial charge on any atom is -0.380 e. The number of carbonyl (C=O) groups is 2. The highest BCUT2D eigenvalue weighted by Gasteiger charge is 2.10. The molecular formula is C21H23N5O3S. The first-order valence-corrected chi connectivity index (χ1v) is 10.3. The van der Waals surface area contributed by atoms with E-state index in [2.05, 4.69) is 20.8 Å². The molecule has 2 N–H and O–H groups in total. The van der Waals surface area contributed by atoms with Gasteiger partial charge in [0.05, 0.1) is 12.4 Å². The van der Waals surface area contributed by atoms with Gasteiger partial charge >= 0.3 is 0 Å². The van der Waals surface area contributed by atoms with Crippen molar-refractivity contribution < 1.29 is 14.3 Å². The lowest BCUT2D eigenvalue weighted by Crippen LogP contribution is -2.23. The Kier molecular flexibility index (Phi) is 7.58. The zero-order chi connectivity index (χ0) is 21.3. The normalized spacial score (nSPS) is 10.6. The van der Waals surface area contributed by atoms with Gasteiger partial charge in [-0.25, -0.2) is 0 Å². The molecule has 0 bridgehead atoms. The Bertz CT molecular complexity index is 1020. The average molecular weight is 426 g/mol. The molecule has 2 amide bonds. The molecule has 0 saturated heterocycles. The summed E-state index contributed by atoms with van der Waals surface area (Å²) in [7, 11) is 3.46. The molecule has 9 heteroatoms. The fourth-order valence-corrected chi connectivity index (χ4v) is 3.44. The number of nitrogens with zero attached hydrogens (tertiary/aromatic N) is 3. The van der Waals surface area contributed by atoms with E-state index in [-0.39, 0.29) is 17.6 Å². The summed E-state index contributed by atoms with van der Waals surface area (Å²) in [5.41, 5.74) is 3.08. The monoisotopic (exact) mass is 425 g/mol. The molecule has 0 atom stereocenters. The van der Waals surface area contributed by atoms with Gasteiger partial charge in [0.15, 0.2) is 5.16 Å². The van der Waals surface area contributed by atoms with Gasteiger partial charge in [-0.15, -0.1) is 10.2 Å². The van der Waals surface area contributed by atoms with E-state index in [9.17, 15) is 9.59 Å². The third-order valence-corrected chi connectivity index (χ3v) is 5.20. The molecule has 0 fully saturated rings. The third-order valence-electron chi connectivity index (χ3n) is 4.17. The Balaban J connectivity index is 1.53. The maximum absolute atomic E-state index is 12.5. The highest BCUT2D eigenvalue weighted by atomic mass is 32.2. The number of aryl methyl sites for hydroxylation is 1. The van der Waals surface area contributed by atoms with Crippen molar-refractivity contribution in [3.8, 4) is 0 Å². The van der Waals surface area contributed by atoms with Gasteiger partial charge in [-0.2, -0.15) is 0 Å². The molecule has 2 aromatic carbocycles. The first kappa shape index (κ1) is 21.5. The number of carbonyl (C=O) groups excluding carboxylic acids is 2. The summed E-state index contributed by atoms with van der Waals surface area (Å²) in [6.07, 6.45) is 1.58. The van der Waals surface area contributed by atoms with Crippen molar-refractivity contribution >= 4 is 29.3 Å². The van der Waals surface area contributed by atoms with E-state index in [0.717, 1.165) is 11.1 Å². The summed E-state index contributed by atoms with van der Waals surface area (Å²) in [6.45, 7) is 0.930. The quantitative estimate of drug-likeness (QED) is 0.512. The molecule has 30 heavy (non-hydrogen) atoms. The maximum Gasteiger partial charge on any atom is 0.251 e. The Morgan fingerprint density at radius 3 is 2.70 bits per heavy atom. The number of methoxy groups -OCH3 is 1. The van der Waals surface area contributed by atoms with Crippen LogP contribution in [0, 0.1) is 0 Å². The van der Waals surface area contributed by atoms with Crippen LogP contribution < -0.4 is 10.6 Å². The molecule has 0 aliphatic rings. The van der Waals surface area contributed by atoms with E-state index >= 15 is 0 Å².